The molecule has 0 atom stereocenters. The molecule has 0 unspecified atom stereocenters. The first kappa shape index (κ1) is 26.1. The van der Waals surface area contributed by atoms with E-state index in [4.69, 9.17) is 4.42 Å². The molecule has 0 bridgehead atoms. The molecular formula is C42H31NO. The Morgan fingerprint density at radius 2 is 1.00 bits per heavy atom. The summed E-state index contributed by atoms with van der Waals surface area (Å²) in [7, 11) is 0. The van der Waals surface area contributed by atoms with Gasteiger partial charge in [0.15, 0.2) is 0 Å². The van der Waals surface area contributed by atoms with Crippen LogP contribution in [0.3, 0.4) is 0 Å². The molecule has 7 aromatic rings. The van der Waals surface area contributed by atoms with Gasteiger partial charge in [-0.2, -0.15) is 0 Å². The van der Waals surface area contributed by atoms with Crippen LogP contribution in [0.4, 0.5) is 17.1 Å². The summed E-state index contributed by atoms with van der Waals surface area (Å²) in [5.41, 5.74) is 12.6. The van der Waals surface area contributed by atoms with Crippen molar-refractivity contribution in [1.29, 1.82) is 0 Å². The maximum atomic E-state index is 6.15. The molecule has 2 heteroatoms. The first-order valence-corrected chi connectivity index (χ1v) is 15.2. The summed E-state index contributed by atoms with van der Waals surface area (Å²) in [6, 6.07) is 52.0. The van der Waals surface area contributed by atoms with Gasteiger partial charge in [0, 0.05) is 27.8 Å². The number of fused-ring (bicyclic) bond motifs is 3. The Morgan fingerprint density at radius 1 is 0.455 bits per heavy atom. The van der Waals surface area contributed by atoms with Gasteiger partial charge in [-0.25, -0.2) is 0 Å². The Balaban J connectivity index is 1.18. The number of para-hydroxylation sites is 1. The molecule has 210 valence electrons. The highest BCUT2D eigenvalue weighted by molar-refractivity contribution is 6.06. The van der Waals surface area contributed by atoms with Crippen molar-refractivity contribution in [3.63, 3.8) is 0 Å². The number of nitrogens with zero attached hydrogens (tertiary/aromatic N) is 1. The van der Waals surface area contributed by atoms with E-state index >= 15 is 0 Å². The molecule has 0 aliphatic heterocycles. The van der Waals surface area contributed by atoms with Crippen molar-refractivity contribution in [2.75, 3.05) is 4.90 Å². The second kappa shape index (κ2) is 11.2. The predicted octanol–water partition coefficient (Wildman–Crippen LogP) is 12.1. The molecule has 0 saturated carbocycles. The fraction of sp³-hybridized carbons (Fsp3) is 0.0476. The molecule has 1 aliphatic carbocycles. The summed E-state index contributed by atoms with van der Waals surface area (Å²) in [4.78, 5) is 2.33. The summed E-state index contributed by atoms with van der Waals surface area (Å²) < 4.78 is 6.15. The lowest BCUT2D eigenvalue weighted by atomic mass is 9.95. The van der Waals surface area contributed by atoms with Crippen LogP contribution in [0.5, 0.6) is 0 Å². The molecule has 0 radical (unpaired) electrons. The lowest BCUT2D eigenvalue weighted by Crippen LogP contribution is -2.09. The van der Waals surface area contributed by atoms with Gasteiger partial charge in [0.05, 0.1) is 0 Å². The minimum atomic E-state index is 0.896. The zero-order valence-corrected chi connectivity index (χ0v) is 24.4. The fourth-order valence-corrected chi connectivity index (χ4v) is 6.26. The topological polar surface area (TPSA) is 16.4 Å². The van der Waals surface area contributed by atoms with Gasteiger partial charge < -0.3 is 9.32 Å². The summed E-state index contributed by atoms with van der Waals surface area (Å²) in [6.07, 6.45) is 8.85. The molecule has 0 N–H and O–H groups in total. The highest BCUT2D eigenvalue weighted by Crippen LogP contribution is 2.40. The Morgan fingerprint density at radius 3 is 1.66 bits per heavy atom. The second-order valence-electron chi connectivity index (χ2n) is 11.3. The first-order chi connectivity index (χ1) is 21.8. The van der Waals surface area contributed by atoms with E-state index in [1.165, 1.54) is 33.4 Å². The van der Waals surface area contributed by atoms with Gasteiger partial charge in [-0.3, -0.25) is 0 Å². The minimum absolute atomic E-state index is 0.896. The highest BCUT2D eigenvalue weighted by Gasteiger charge is 2.16. The van der Waals surface area contributed by atoms with E-state index in [1.807, 2.05) is 12.1 Å². The van der Waals surface area contributed by atoms with E-state index in [2.05, 4.69) is 157 Å². The highest BCUT2D eigenvalue weighted by atomic mass is 16.3. The third-order valence-corrected chi connectivity index (χ3v) is 8.58. The van der Waals surface area contributed by atoms with Gasteiger partial charge in [-0.1, -0.05) is 115 Å². The van der Waals surface area contributed by atoms with Gasteiger partial charge in [0.1, 0.15) is 11.2 Å². The minimum Gasteiger partial charge on any atom is -0.456 e. The molecule has 0 saturated heterocycles. The van der Waals surface area contributed by atoms with E-state index < -0.39 is 0 Å². The van der Waals surface area contributed by atoms with Gasteiger partial charge in [-0.15, -0.1) is 0 Å². The molecule has 1 heterocycles. The van der Waals surface area contributed by atoms with Crippen LogP contribution in [0.2, 0.25) is 0 Å². The number of hydrogen-bond donors (Lipinski definition) is 0. The maximum Gasteiger partial charge on any atom is 0.135 e. The van der Waals surface area contributed by atoms with Crippen LogP contribution in [-0.4, -0.2) is 0 Å². The molecule has 6 aromatic carbocycles. The van der Waals surface area contributed by atoms with Gasteiger partial charge in [-0.05, 0) is 94.8 Å². The molecule has 1 aliphatic rings. The number of anilines is 3. The van der Waals surface area contributed by atoms with Crippen molar-refractivity contribution in [3.05, 3.63) is 169 Å². The van der Waals surface area contributed by atoms with Crippen LogP contribution in [-0.2, 0) is 0 Å². The zero-order chi connectivity index (χ0) is 29.3. The number of benzene rings is 6. The Hall–Kier alpha value is -5.60. The van der Waals surface area contributed by atoms with Crippen molar-refractivity contribution < 1.29 is 4.42 Å². The maximum absolute atomic E-state index is 6.15. The molecule has 1 aromatic heterocycles. The molecule has 0 amide bonds. The summed E-state index contributed by atoms with van der Waals surface area (Å²) in [5.74, 6) is 0. The Bertz CT molecular complexity index is 2130. The lowest BCUT2D eigenvalue weighted by Gasteiger charge is -2.26. The van der Waals surface area contributed by atoms with Gasteiger partial charge >= 0.3 is 0 Å². The van der Waals surface area contributed by atoms with E-state index in [9.17, 15) is 0 Å². The zero-order valence-electron chi connectivity index (χ0n) is 24.4. The number of rotatable bonds is 6. The van der Waals surface area contributed by atoms with Crippen molar-refractivity contribution in [2.45, 2.75) is 12.8 Å². The average molecular weight is 566 g/mol. The summed E-state index contributed by atoms with van der Waals surface area (Å²) in [6.45, 7) is 0. The molecule has 8 rings (SSSR count). The van der Waals surface area contributed by atoms with E-state index in [1.54, 1.807) is 0 Å². The van der Waals surface area contributed by atoms with E-state index in [0.717, 1.165) is 51.8 Å². The van der Waals surface area contributed by atoms with Gasteiger partial charge in [0.2, 0.25) is 0 Å². The number of hydrogen-bond acceptors (Lipinski definition) is 2. The Labute approximate surface area is 257 Å². The molecule has 0 spiro atoms. The van der Waals surface area contributed by atoms with Crippen molar-refractivity contribution in [1.82, 2.24) is 0 Å². The van der Waals surface area contributed by atoms with E-state index in [0.29, 0.717) is 0 Å². The van der Waals surface area contributed by atoms with Crippen LogP contribution < -0.4 is 4.90 Å². The van der Waals surface area contributed by atoms with Crippen molar-refractivity contribution in [2.24, 2.45) is 0 Å². The van der Waals surface area contributed by atoms with Crippen LogP contribution in [0.15, 0.2) is 168 Å². The quantitative estimate of drug-likeness (QED) is 0.199. The standard InChI is InChI=1S/C42H31NO/c1-3-9-30(10-4-1)32-15-17-33(18-16-32)35-21-25-37(26-22-35)43(36-23-19-34(20-24-36)31-11-5-2-6-12-31)38-27-28-42-40(29-38)39-13-7-8-14-41(39)44-42/h1-3,5-9,11-29H,4,10H2. The molecule has 2 nitrogen and oxygen atoms in total. The van der Waals surface area contributed by atoms with Crippen LogP contribution >= 0.6 is 0 Å². The fourth-order valence-electron chi connectivity index (χ4n) is 6.26. The predicted molar refractivity (Wildman–Crippen MR) is 186 cm³/mol. The first-order valence-electron chi connectivity index (χ1n) is 15.2. The molecule has 0 fully saturated rings. The molecule has 44 heavy (non-hydrogen) atoms. The Kier molecular flexibility index (Phi) is 6.66. The van der Waals surface area contributed by atoms with Crippen LogP contribution in [0, 0.1) is 0 Å². The van der Waals surface area contributed by atoms with Crippen molar-refractivity contribution in [3.8, 4) is 22.3 Å². The summed E-state index contributed by atoms with van der Waals surface area (Å²) in [5, 5.41) is 2.24. The monoisotopic (exact) mass is 565 g/mol. The number of allylic oxidation sites excluding steroid dienone is 4. The normalized spacial score (nSPS) is 12.9. The number of furan rings is 1. The molecular weight excluding hydrogens is 534 g/mol. The third-order valence-electron chi connectivity index (χ3n) is 8.58. The average Bonchev–Trinajstić information content (AvgIpc) is 3.48. The second-order valence-corrected chi connectivity index (χ2v) is 11.3. The van der Waals surface area contributed by atoms with Crippen molar-refractivity contribution >= 4 is 44.6 Å². The van der Waals surface area contributed by atoms with Gasteiger partial charge in [0.25, 0.3) is 0 Å². The SMILES string of the molecule is C1=CCCC(c2ccc(-c3ccc(N(c4ccc(-c5ccccc5)cc4)c4ccc5oc6ccccc6c5c4)cc3)cc2)=C1. The third kappa shape index (κ3) is 4.91. The largest absolute Gasteiger partial charge is 0.456 e. The lowest BCUT2D eigenvalue weighted by molar-refractivity contribution is 0.669. The smallest absolute Gasteiger partial charge is 0.135 e. The summed E-state index contributed by atoms with van der Waals surface area (Å²) >= 11 is 0. The van der Waals surface area contributed by atoms with Crippen LogP contribution in [0.25, 0.3) is 49.8 Å². The van der Waals surface area contributed by atoms with E-state index in [-0.39, 0.29) is 0 Å². The van der Waals surface area contributed by atoms with Crippen LogP contribution in [0.1, 0.15) is 18.4 Å².